The van der Waals surface area contributed by atoms with Crippen molar-refractivity contribution in [2.75, 3.05) is 17.8 Å². The molecule has 0 unspecified atom stereocenters. The standard InChI is InChI=1S/C21H23N3O3S/c1-15-4-3-5-20(16(15)2)23-28(26,27)19-8-6-18(7-9-19)21(25)24-12-10-17(14-22)11-13-24/h3-9,17,23H,10-13H2,1-2H3. The Morgan fingerprint density at radius 1 is 1.11 bits per heavy atom. The van der Waals surface area contributed by atoms with Crippen molar-refractivity contribution in [3.8, 4) is 6.07 Å². The van der Waals surface area contributed by atoms with Gasteiger partial charge in [-0.15, -0.1) is 0 Å². The van der Waals surface area contributed by atoms with Crippen LogP contribution in [0.3, 0.4) is 0 Å². The van der Waals surface area contributed by atoms with E-state index >= 15 is 0 Å². The number of hydrogen-bond acceptors (Lipinski definition) is 4. The van der Waals surface area contributed by atoms with Gasteiger partial charge in [0.2, 0.25) is 0 Å². The SMILES string of the molecule is Cc1cccc(NS(=O)(=O)c2ccc(C(=O)N3CCC(C#N)CC3)cc2)c1C. The van der Waals surface area contributed by atoms with Crippen LogP contribution in [-0.4, -0.2) is 32.3 Å². The molecule has 6 nitrogen and oxygen atoms in total. The second-order valence-electron chi connectivity index (χ2n) is 7.07. The number of carbonyl (C=O) groups excluding carboxylic acids is 1. The fraction of sp³-hybridized carbons (Fsp3) is 0.333. The molecule has 7 heteroatoms. The Morgan fingerprint density at radius 3 is 2.36 bits per heavy atom. The van der Waals surface area contributed by atoms with Gasteiger partial charge < -0.3 is 4.90 Å². The van der Waals surface area contributed by atoms with Crippen LogP contribution in [0.25, 0.3) is 0 Å². The number of aryl methyl sites for hydroxylation is 1. The Bertz CT molecular complexity index is 1020. The molecular weight excluding hydrogens is 374 g/mol. The van der Waals surface area contributed by atoms with E-state index in [9.17, 15) is 13.2 Å². The molecular formula is C21H23N3O3S. The molecule has 1 N–H and O–H groups in total. The first-order chi connectivity index (χ1) is 13.3. The van der Waals surface area contributed by atoms with Gasteiger partial charge in [-0.2, -0.15) is 5.26 Å². The molecule has 1 heterocycles. The van der Waals surface area contributed by atoms with E-state index in [4.69, 9.17) is 5.26 Å². The van der Waals surface area contributed by atoms with Gasteiger partial charge in [-0.1, -0.05) is 12.1 Å². The van der Waals surface area contributed by atoms with Crippen molar-refractivity contribution in [1.29, 1.82) is 5.26 Å². The zero-order chi connectivity index (χ0) is 20.3. The van der Waals surface area contributed by atoms with Gasteiger partial charge in [-0.05, 0) is 68.1 Å². The van der Waals surface area contributed by atoms with Crippen LogP contribution in [0.4, 0.5) is 5.69 Å². The van der Waals surface area contributed by atoms with E-state index in [2.05, 4.69) is 10.8 Å². The number of hydrogen-bond donors (Lipinski definition) is 1. The summed E-state index contributed by atoms with van der Waals surface area (Å²) >= 11 is 0. The summed E-state index contributed by atoms with van der Waals surface area (Å²) in [6, 6.07) is 13.7. The van der Waals surface area contributed by atoms with Gasteiger partial charge in [0, 0.05) is 24.6 Å². The second kappa shape index (κ2) is 8.03. The topological polar surface area (TPSA) is 90.3 Å². The molecule has 0 spiro atoms. The van der Waals surface area contributed by atoms with Crippen molar-refractivity contribution in [3.05, 3.63) is 59.2 Å². The summed E-state index contributed by atoms with van der Waals surface area (Å²) in [6.07, 6.45) is 1.35. The van der Waals surface area contributed by atoms with E-state index in [1.807, 2.05) is 19.9 Å². The summed E-state index contributed by atoms with van der Waals surface area (Å²) in [4.78, 5) is 14.4. The van der Waals surface area contributed by atoms with Gasteiger partial charge in [-0.3, -0.25) is 9.52 Å². The summed E-state index contributed by atoms with van der Waals surface area (Å²) < 4.78 is 28.0. The number of benzene rings is 2. The molecule has 0 aliphatic carbocycles. The lowest BCUT2D eigenvalue weighted by Gasteiger charge is -2.29. The van der Waals surface area contributed by atoms with Gasteiger partial charge in [-0.25, -0.2) is 8.42 Å². The number of carbonyl (C=O) groups is 1. The molecule has 2 aromatic carbocycles. The molecule has 3 rings (SSSR count). The van der Waals surface area contributed by atoms with Crippen LogP contribution >= 0.6 is 0 Å². The largest absolute Gasteiger partial charge is 0.339 e. The van der Waals surface area contributed by atoms with Crippen LogP contribution in [0, 0.1) is 31.1 Å². The minimum absolute atomic E-state index is 0.00715. The molecule has 146 valence electrons. The van der Waals surface area contributed by atoms with E-state index in [-0.39, 0.29) is 16.7 Å². The Labute approximate surface area is 165 Å². The van der Waals surface area contributed by atoms with E-state index in [1.54, 1.807) is 17.0 Å². The van der Waals surface area contributed by atoms with Crippen LogP contribution in [-0.2, 0) is 10.0 Å². The Morgan fingerprint density at radius 2 is 1.75 bits per heavy atom. The number of rotatable bonds is 4. The average molecular weight is 398 g/mol. The first kappa shape index (κ1) is 19.9. The monoisotopic (exact) mass is 397 g/mol. The molecule has 1 amide bonds. The van der Waals surface area contributed by atoms with Crippen molar-refractivity contribution < 1.29 is 13.2 Å². The van der Waals surface area contributed by atoms with Crippen LogP contribution in [0.5, 0.6) is 0 Å². The minimum atomic E-state index is -3.74. The maximum atomic E-state index is 12.7. The molecule has 0 saturated carbocycles. The fourth-order valence-corrected chi connectivity index (χ4v) is 4.36. The fourth-order valence-electron chi connectivity index (χ4n) is 3.24. The highest BCUT2D eigenvalue weighted by Crippen LogP contribution is 2.23. The summed E-state index contributed by atoms with van der Waals surface area (Å²) in [5.74, 6) is -0.129. The predicted octanol–water partition coefficient (Wildman–Crippen LogP) is 3.48. The molecule has 2 aromatic rings. The smallest absolute Gasteiger partial charge is 0.261 e. The summed E-state index contributed by atoms with van der Waals surface area (Å²) in [5.41, 5.74) is 2.86. The molecule has 28 heavy (non-hydrogen) atoms. The van der Waals surface area contributed by atoms with E-state index in [0.29, 0.717) is 37.2 Å². The summed E-state index contributed by atoms with van der Waals surface area (Å²) in [6.45, 7) is 4.88. The third kappa shape index (κ3) is 4.18. The second-order valence-corrected chi connectivity index (χ2v) is 8.76. The molecule has 1 saturated heterocycles. The van der Waals surface area contributed by atoms with E-state index in [1.165, 1.54) is 24.3 Å². The number of anilines is 1. The third-order valence-corrected chi connectivity index (χ3v) is 6.61. The predicted molar refractivity (Wildman–Crippen MR) is 107 cm³/mol. The van der Waals surface area contributed by atoms with Gasteiger partial charge in [0.05, 0.1) is 16.7 Å². The van der Waals surface area contributed by atoms with Gasteiger partial charge >= 0.3 is 0 Å². The number of piperidine rings is 1. The lowest BCUT2D eigenvalue weighted by atomic mass is 9.98. The first-order valence-electron chi connectivity index (χ1n) is 9.20. The number of nitrogens with one attached hydrogen (secondary N) is 1. The summed E-state index contributed by atoms with van der Waals surface area (Å²) in [5, 5.41) is 8.96. The lowest BCUT2D eigenvalue weighted by molar-refractivity contribution is 0.0707. The van der Waals surface area contributed by atoms with Crippen LogP contribution < -0.4 is 4.72 Å². The maximum absolute atomic E-state index is 12.7. The molecule has 1 aliphatic rings. The molecule has 0 aromatic heterocycles. The average Bonchev–Trinajstić information content (AvgIpc) is 2.71. The molecule has 0 radical (unpaired) electrons. The van der Waals surface area contributed by atoms with Crippen LogP contribution in [0.1, 0.15) is 34.3 Å². The van der Waals surface area contributed by atoms with Gasteiger partial charge in [0.25, 0.3) is 15.9 Å². The maximum Gasteiger partial charge on any atom is 0.261 e. The number of sulfonamides is 1. The molecule has 0 bridgehead atoms. The highest BCUT2D eigenvalue weighted by Gasteiger charge is 2.24. The van der Waals surface area contributed by atoms with Crippen LogP contribution in [0.2, 0.25) is 0 Å². The highest BCUT2D eigenvalue weighted by atomic mass is 32.2. The van der Waals surface area contributed by atoms with Crippen molar-refractivity contribution in [2.45, 2.75) is 31.6 Å². The zero-order valence-electron chi connectivity index (χ0n) is 16.0. The first-order valence-corrected chi connectivity index (χ1v) is 10.7. The number of likely N-dealkylation sites (tertiary alicyclic amines) is 1. The Kier molecular flexibility index (Phi) is 5.71. The minimum Gasteiger partial charge on any atom is -0.339 e. The Hall–Kier alpha value is -2.85. The van der Waals surface area contributed by atoms with E-state index in [0.717, 1.165) is 11.1 Å². The number of nitrogens with zero attached hydrogens (tertiary/aromatic N) is 2. The molecule has 0 atom stereocenters. The van der Waals surface area contributed by atoms with Crippen molar-refractivity contribution in [2.24, 2.45) is 5.92 Å². The zero-order valence-corrected chi connectivity index (χ0v) is 16.8. The van der Waals surface area contributed by atoms with Gasteiger partial charge in [0.15, 0.2) is 0 Å². The Balaban J connectivity index is 1.74. The molecule has 1 fully saturated rings. The molecule has 1 aliphatic heterocycles. The van der Waals surface area contributed by atoms with Crippen molar-refractivity contribution in [3.63, 3.8) is 0 Å². The highest BCUT2D eigenvalue weighted by molar-refractivity contribution is 7.92. The third-order valence-electron chi connectivity index (χ3n) is 5.23. The van der Waals surface area contributed by atoms with Gasteiger partial charge in [0.1, 0.15) is 0 Å². The van der Waals surface area contributed by atoms with Crippen molar-refractivity contribution in [1.82, 2.24) is 4.90 Å². The number of amides is 1. The van der Waals surface area contributed by atoms with E-state index < -0.39 is 10.0 Å². The normalized spacial score (nSPS) is 15.1. The summed E-state index contributed by atoms with van der Waals surface area (Å²) in [7, 11) is -3.74. The van der Waals surface area contributed by atoms with Crippen LogP contribution in [0.15, 0.2) is 47.4 Å². The number of nitriles is 1. The quantitative estimate of drug-likeness (QED) is 0.855. The lowest BCUT2D eigenvalue weighted by Crippen LogP contribution is -2.38. The van der Waals surface area contributed by atoms with Crippen molar-refractivity contribution >= 4 is 21.6 Å².